The molecule has 11 heteroatoms. The van der Waals surface area contributed by atoms with Crippen molar-refractivity contribution in [2.45, 2.75) is 110 Å². The Morgan fingerprint density at radius 1 is 0.594 bits per heavy atom. The summed E-state index contributed by atoms with van der Waals surface area (Å²) in [7, 11) is 0. The number of unbranched alkanes of at least 4 members (excludes halogenated alkanes) is 8. The fourth-order valence-corrected chi connectivity index (χ4v) is 2.60. The summed E-state index contributed by atoms with van der Waals surface area (Å²) in [4.78, 5) is 46.6. The fraction of sp³-hybridized carbons (Fsp3) is 0.810. The van der Waals surface area contributed by atoms with Crippen LogP contribution in [0.2, 0.25) is 0 Å². The third-order valence-corrected chi connectivity index (χ3v) is 4.37. The van der Waals surface area contributed by atoms with Crippen LogP contribution < -0.4 is 5.73 Å². The third-order valence-electron chi connectivity index (χ3n) is 4.37. The molecular formula is C21H41K4NO6. The van der Waals surface area contributed by atoms with Crippen LogP contribution in [-0.4, -0.2) is 235 Å². The van der Waals surface area contributed by atoms with E-state index < -0.39 is 29.9 Å². The Morgan fingerprint density at radius 3 is 1.41 bits per heavy atom. The zero-order chi connectivity index (χ0) is 21.2. The standard InChI is InChI=1S/C21H37NO6.4K.4H/c1-3-5-7-9-11-13-18(23)27-20(25)16-15-17(22)21(26)28-19(24)14-12-10-8-6-4-2;;;;;;;;/h17H,3-16,22H2,1-2H3;;;;;;;;/t17-;;;;;;;;/m0......../s1. The first-order valence-electron chi connectivity index (χ1n) is 10.6. The zero-order valence-corrected chi connectivity index (χ0v) is 17.5. The second-order valence-electron chi connectivity index (χ2n) is 7.11. The van der Waals surface area contributed by atoms with E-state index in [0.29, 0.717) is 12.8 Å². The second kappa shape index (κ2) is 33.8. The number of hydrogen-bond acceptors (Lipinski definition) is 7. The van der Waals surface area contributed by atoms with Crippen molar-refractivity contribution in [1.29, 1.82) is 0 Å². The van der Waals surface area contributed by atoms with Crippen molar-refractivity contribution in [2.24, 2.45) is 5.73 Å². The molecule has 0 aromatic carbocycles. The van der Waals surface area contributed by atoms with Crippen LogP contribution in [-0.2, 0) is 28.7 Å². The Hall–Kier alpha value is 4.79. The molecule has 0 aromatic rings. The molecule has 170 valence electrons. The molecule has 0 aliphatic rings. The van der Waals surface area contributed by atoms with E-state index in [1.54, 1.807) is 0 Å². The topological polar surface area (TPSA) is 113 Å². The predicted molar refractivity (Wildman–Crippen MR) is 135 cm³/mol. The fourth-order valence-electron chi connectivity index (χ4n) is 2.60. The van der Waals surface area contributed by atoms with Crippen molar-refractivity contribution in [3.05, 3.63) is 0 Å². The van der Waals surface area contributed by atoms with Gasteiger partial charge in [0.1, 0.15) is 6.04 Å². The zero-order valence-electron chi connectivity index (χ0n) is 17.5. The number of carbonyl (C=O) groups excluding carboxylic acids is 4. The molecule has 0 rings (SSSR count). The van der Waals surface area contributed by atoms with E-state index in [9.17, 15) is 19.2 Å². The summed E-state index contributed by atoms with van der Waals surface area (Å²) in [6, 6.07) is -1.10. The maximum absolute atomic E-state index is 11.8. The van der Waals surface area contributed by atoms with Gasteiger partial charge in [-0.3, -0.25) is 14.4 Å². The van der Waals surface area contributed by atoms with Crippen molar-refractivity contribution in [3.63, 3.8) is 0 Å². The van der Waals surface area contributed by atoms with Crippen LogP contribution in [0.15, 0.2) is 0 Å². The van der Waals surface area contributed by atoms with E-state index in [1.807, 2.05) is 0 Å². The van der Waals surface area contributed by atoms with Gasteiger partial charge in [-0.2, -0.15) is 0 Å². The molecule has 0 saturated heterocycles. The Kier molecular flexibility index (Phi) is 49.3. The third kappa shape index (κ3) is 31.0. The molecule has 1 atom stereocenters. The van der Waals surface area contributed by atoms with Crippen LogP contribution in [0, 0.1) is 0 Å². The normalized spacial score (nSPS) is 10.2. The first-order valence-corrected chi connectivity index (χ1v) is 10.6. The molecule has 0 aliphatic carbocycles. The number of hydrogen-bond donors (Lipinski definition) is 1. The molecule has 7 nitrogen and oxygen atoms in total. The van der Waals surface area contributed by atoms with Gasteiger partial charge < -0.3 is 15.2 Å². The minimum absolute atomic E-state index is 0. The molecule has 0 spiro atoms. The van der Waals surface area contributed by atoms with Crippen LogP contribution in [0.3, 0.4) is 0 Å². The molecular weight excluding hydrogens is 519 g/mol. The van der Waals surface area contributed by atoms with Crippen molar-refractivity contribution < 1.29 is 28.7 Å². The number of nitrogens with two attached hydrogens (primary N) is 1. The maximum atomic E-state index is 11.8. The molecule has 0 unspecified atom stereocenters. The van der Waals surface area contributed by atoms with Gasteiger partial charge in [0.25, 0.3) is 0 Å². The quantitative estimate of drug-likeness (QED) is 0.131. The Morgan fingerprint density at radius 2 is 0.969 bits per heavy atom. The average molecular weight is 560 g/mol. The van der Waals surface area contributed by atoms with Gasteiger partial charge in [-0.25, -0.2) is 4.79 Å². The van der Waals surface area contributed by atoms with Gasteiger partial charge in [0.05, 0.1) is 0 Å². The first-order chi connectivity index (χ1) is 13.4. The van der Waals surface area contributed by atoms with E-state index in [-0.39, 0.29) is 231 Å². The van der Waals surface area contributed by atoms with Crippen molar-refractivity contribution in [3.8, 4) is 0 Å². The minimum atomic E-state index is -1.10. The van der Waals surface area contributed by atoms with Gasteiger partial charge in [-0.05, 0) is 19.3 Å². The molecule has 0 aliphatic heterocycles. The Bertz CT molecular complexity index is 495. The van der Waals surface area contributed by atoms with Crippen molar-refractivity contribution in [2.75, 3.05) is 0 Å². The van der Waals surface area contributed by atoms with Crippen LogP contribution in [0.4, 0.5) is 0 Å². The van der Waals surface area contributed by atoms with E-state index in [2.05, 4.69) is 13.8 Å². The Balaban J connectivity index is -0.000000607. The first kappa shape index (κ1) is 46.6. The van der Waals surface area contributed by atoms with Crippen molar-refractivity contribution >= 4 is 229 Å². The average Bonchev–Trinajstić information content (AvgIpc) is 2.65. The van der Waals surface area contributed by atoms with Crippen LogP contribution in [0.5, 0.6) is 0 Å². The van der Waals surface area contributed by atoms with Gasteiger partial charge in [0, 0.05) is 19.3 Å². The summed E-state index contributed by atoms with van der Waals surface area (Å²) in [5.74, 6) is -2.73. The van der Waals surface area contributed by atoms with Crippen LogP contribution in [0.25, 0.3) is 0 Å². The molecule has 0 amide bonds. The summed E-state index contributed by atoms with van der Waals surface area (Å²) in [6.45, 7) is 4.21. The predicted octanol–water partition coefficient (Wildman–Crippen LogP) is 1.36. The molecule has 0 bridgehead atoms. The second-order valence-corrected chi connectivity index (χ2v) is 7.11. The van der Waals surface area contributed by atoms with Gasteiger partial charge >= 0.3 is 229 Å². The van der Waals surface area contributed by atoms with Gasteiger partial charge in [0.2, 0.25) is 0 Å². The summed E-state index contributed by atoms with van der Waals surface area (Å²) >= 11 is 0. The molecule has 2 N–H and O–H groups in total. The number of carbonyl (C=O) groups is 4. The van der Waals surface area contributed by atoms with Gasteiger partial charge in [-0.15, -0.1) is 0 Å². The summed E-state index contributed by atoms with van der Waals surface area (Å²) in [5, 5.41) is 0. The Labute approximate surface area is 364 Å². The van der Waals surface area contributed by atoms with E-state index in [1.165, 1.54) is 0 Å². The van der Waals surface area contributed by atoms with Crippen molar-refractivity contribution in [1.82, 2.24) is 0 Å². The van der Waals surface area contributed by atoms with Gasteiger partial charge in [0.15, 0.2) is 0 Å². The molecule has 0 saturated carbocycles. The van der Waals surface area contributed by atoms with E-state index in [0.717, 1.165) is 51.4 Å². The van der Waals surface area contributed by atoms with E-state index >= 15 is 0 Å². The number of esters is 4. The van der Waals surface area contributed by atoms with Crippen LogP contribution in [0.1, 0.15) is 104 Å². The SMILES string of the molecule is CCCCCCCC(=O)OC(=O)CC[C@H](N)C(=O)OC(=O)CCCCCCC.[KH].[KH].[KH].[KH]. The number of rotatable bonds is 16. The monoisotopic (exact) mass is 559 g/mol. The summed E-state index contributed by atoms with van der Waals surface area (Å²) < 4.78 is 9.40. The molecule has 32 heavy (non-hydrogen) atoms. The number of ether oxygens (including phenoxy) is 2. The summed E-state index contributed by atoms with van der Waals surface area (Å²) in [5.41, 5.74) is 5.65. The molecule has 0 fully saturated rings. The summed E-state index contributed by atoms with van der Waals surface area (Å²) in [6.07, 6.45) is 9.99. The molecule has 0 aromatic heterocycles. The molecule has 0 heterocycles. The molecule has 0 radical (unpaired) electrons. The van der Waals surface area contributed by atoms with Crippen LogP contribution >= 0.6 is 0 Å². The van der Waals surface area contributed by atoms with E-state index in [4.69, 9.17) is 15.2 Å². The van der Waals surface area contributed by atoms with Gasteiger partial charge in [-0.1, -0.05) is 65.2 Å².